The molecule has 1 nitrogen and oxygen atoms in total. The third kappa shape index (κ3) is 2.10. The number of carbonyl (C=O) groups excluding carboxylic acids is 1. The van der Waals surface area contributed by atoms with Crippen molar-refractivity contribution in [3.05, 3.63) is 70.3 Å². The van der Waals surface area contributed by atoms with Crippen molar-refractivity contribution in [2.75, 3.05) is 0 Å². The Hall–Kier alpha value is -1.89. The molecule has 0 fully saturated rings. The highest BCUT2D eigenvalue weighted by atomic mass is 16.1. The molecule has 1 aliphatic rings. The zero-order valence-corrected chi connectivity index (χ0v) is 11.4. The van der Waals surface area contributed by atoms with E-state index < -0.39 is 0 Å². The number of hydrogen-bond donors (Lipinski definition) is 0. The molecular weight excluding hydrogens is 232 g/mol. The summed E-state index contributed by atoms with van der Waals surface area (Å²) in [6, 6.07) is 14.6. The predicted octanol–water partition coefficient (Wildman–Crippen LogP) is 4.08. The van der Waals surface area contributed by atoms with Gasteiger partial charge in [-0.15, -0.1) is 0 Å². The second kappa shape index (κ2) is 4.65. The third-order valence-electron chi connectivity index (χ3n) is 4.06. The Labute approximate surface area is 114 Å². The van der Waals surface area contributed by atoms with Crippen LogP contribution in [0.1, 0.15) is 45.5 Å². The average molecular weight is 250 g/mol. The highest BCUT2D eigenvalue weighted by Crippen LogP contribution is 2.34. The van der Waals surface area contributed by atoms with Gasteiger partial charge in [0.1, 0.15) is 0 Å². The van der Waals surface area contributed by atoms with Crippen LogP contribution in [-0.2, 0) is 12.8 Å². The van der Waals surface area contributed by atoms with Crippen molar-refractivity contribution in [2.24, 2.45) is 0 Å². The maximum Gasteiger partial charge on any atom is 0.170 e. The fourth-order valence-electron chi connectivity index (χ4n) is 2.89. The molecule has 1 heteroatoms. The number of benzene rings is 2. The molecule has 1 aliphatic carbocycles. The van der Waals surface area contributed by atoms with Gasteiger partial charge in [0.25, 0.3) is 0 Å². The van der Waals surface area contributed by atoms with Crippen molar-refractivity contribution in [1.29, 1.82) is 0 Å². The molecule has 0 heterocycles. The molecule has 0 spiro atoms. The molecule has 1 atom stereocenters. The van der Waals surface area contributed by atoms with Crippen molar-refractivity contribution >= 4 is 5.78 Å². The molecule has 19 heavy (non-hydrogen) atoms. The number of hydrogen-bond acceptors (Lipinski definition) is 1. The van der Waals surface area contributed by atoms with Crippen LogP contribution in [0.2, 0.25) is 0 Å². The van der Waals surface area contributed by atoms with Crippen molar-refractivity contribution in [3.8, 4) is 0 Å². The zero-order valence-electron chi connectivity index (χ0n) is 11.4. The van der Waals surface area contributed by atoms with Gasteiger partial charge in [-0.1, -0.05) is 55.0 Å². The minimum atomic E-state index is 0.0164. The lowest BCUT2D eigenvalue weighted by Gasteiger charge is -2.08. The SMILES string of the molecule is CCc1ccc(C2Cc3cc(C)ccc3C2=O)cc1. The Morgan fingerprint density at radius 3 is 2.53 bits per heavy atom. The standard InChI is InChI=1S/C18H18O/c1-3-13-5-7-14(8-6-13)17-11-15-10-12(2)4-9-16(15)18(17)19/h4-10,17H,3,11H2,1-2H3. The molecule has 0 aromatic heterocycles. The van der Waals surface area contributed by atoms with Crippen LogP contribution in [0.3, 0.4) is 0 Å². The number of rotatable bonds is 2. The highest BCUT2D eigenvalue weighted by molar-refractivity contribution is 6.05. The number of Topliss-reactive ketones (excluding diaryl/α,β-unsaturated/α-hetero) is 1. The Morgan fingerprint density at radius 2 is 1.84 bits per heavy atom. The monoisotopic (exact) mass is 250 g/mol. The second-order valence-electron chi connectivity index (χ2n) is 5.38. The van der Waals surface area contributed by atoms with E-state index >= 15 is 0 Å². The highest BCUT2D eigenvalue weighted by Gasteiger charge is 2.31. The van der Waals surface area contributed by atoms with E-state index in [1.807, 2.05) is 12.1 Å². The second-order valence-corrected chi connectivity index (χ2v) is 5.38. The summed E-state index contributed by atoms with van der Waals surface area (Å²) >= 11 is 0. The Morgan fingerprint density at radius 1 is 1.11 bits per heavy atom. The first-order valence-corrected chi connectivity index (χ1v) is 6.91. The van der Waals surface area contributed by atoms with Gasteiger partial charge in [-0.2, -0.15) is 0 Å². The van der Waals surface area contributed by atoms with Crippen LogP contribution < -0.4 is 0 Å². The topological polar surface area (TPSA) is 17.1 Å². The van der Waals surface area contributed by atoms with Gasteiger partial charge in [-0.25, -0.2) is 0 Å². The molecule has 0 bridgehead atoms. The van der Waals surface area contributed by atoms with Gasteiger partial charge in [-0.3, -0.25) is 4.79 Å². The van der Waals surface area contributed by atoms with Gasteiger partial charge in [0.05, 0.1) is 5.92 Å². The van der Waals surface area contributed by atoms with Crippen molar-refractivity contribution in [2.45, 2.75) is 32.6 Å². The van der Waals surface area contributed by atoms with E-state index in [-0.39, 0.29) is 11.7 Å². The summed E-state index contributed by atoms with van der Waals surface area (Å²) in [4.78, 5) is 12.5. The first kappa shape index (κ1) is 12.2. The largest absolute Gasteiger partial charge is 0.293 e. The number of carbonyl (C=O) groups is 1. The van der Waals surface area contributed by atoms with E-state index in [1.54, 1.807) is 0 Å². The Kier molecular flexibility index (Phi) is 2.98. The molecule has 0 amide bonds. The molecule has 0 saturated carbocycles. The molecule has 3 rings (SSSR count). The normalized spacial score (nSPS) is 17.6. The summed E-state index contributed by atoms with van der Waals surface area (Å²) in [5.74, 6) is 0.293. The number of aryl methyl sites for hydroxylation is 2. The molecule has 2 aromatic rings. The van der Waals surface area contributed by atoms with Crippen LogP contribution in [0.15, 0.2) is 42.5 Å². The summed E-state index contributed by atoms with van der Waals surface area (Å²) in [6.45, 7) is 4.22. The molecule has 0 radical (unpaired) electrons. The minimum Gasteiger partial charge on any atom is -0.293 e. The van der Waals surface area contributed by atoms with Crippen molar-refractivity contribution in [1.82, 2.24) is 0 Å². The maximum absolute atomic E-state index is 12.5. The maximum atomic E-state index is 12.5. The van der Waals surface area contributed by atoms with E-state index in [1.165, 1.54) is 16.7 Å². The summed E-state index contributed by atoms with van der Waals surface area (Å²) < 4.78 is 0. The summed E-state index contributed by atoms with van der Waals surface area (Å²) in [5, 5.41) is 0. The summed E-state index contributed by atoms with van der Waals surface area (Å²) in [5.41, 5.74) is 5.82. The predicted molar refractivity (Wildman–Crippen MR) is 77.8 cm³/mol. The van der Waals surface area contributed by atoms with Gasteiger partial charge in [0, 0.05) is 5.56 Å². The van der Waals surface area contributed by atoms with Gasteiger partial charge in [0.15, 0.2) is 5.78 Å². The Bertz CT molecular complexity index is 623. The molecular formula is C18H18O. The van der Waals surface area contributed by atoms with E-state index in [0.29, 0.717) is 0 Å². The van der Waals surface area contributed by atoms with Gasteiger partial charge < -0.3 is 0 Å². The molecule has 2 aromatic carbocycles. The van der Waals surface area contributed by atoms with E-state index in [9.17, 15) is 4.79 Å². The van der Waals surface area contributed by atoms with E-state index in [0.717, 1.165) is 24.0 Å². The lowest BCUT2D eigenvalue weighted by molar-refractivity contribution is 0.0973. The van der Waals surface area contributed by atoms with Gasteiger partial charge in [0.2, 0.25) is 0 Å². The van der Waals surface area contributed by atoms with Gasteiger partial charge in [-0.05, 0) is 36.5 Å². The molecule has 0 N–H and O–H groups in total. The van der Waals surface area contributed by atoms with E-state index in [4.69, 9.17) is 0 Å². The summed E-state index contributed by atoms with van der Waals surface area (Å²) in [6.07, 6.45) is 1.89. The fourth-order valence-corrected chi connectivity index (χ4v) is 2.89. The molecule has 0 aliphatic heterocycles. The molecule has 96 valence electrons. The zero-order chi connectivity index (χ0) is 13.4. The van der Waals surface area contributed by atoms with Crippen molar-refractivity contribution < 1.29 is 4.79 Å². The fraction of sp³-hybridized carbons (Fsp3) is 0.278. The van der Waals surface area contributed by atoms with Crippen LogP contribution in [0, 0.1) is 6.92 Å². The quantitative estimate of drug-likeness (QED) is 0.785. The van der Waals surface area contributed by atoms with Crippen LogP contribution in [0.5, 0.6) is 0 Å². The number of ketones is 1. The third-order valence-corrected chi connectivity index (χ3v) is 4.06. The van der Waals surface area contributed by atoms with Crippen LogP contribution in [-0.4, -0.2) is 5.78 Å². The van der Waals surface area contributed by atoms with Crippen LogP contribution in [0.25, 0.3) is 0 Å². The summed E-state index contributed by atoms with van der Waals surface area (Å²) in [7, 11) is 0. The molecule has 1 unspecified atom stereocenters. The smallest absolute Gasteiger partial charge is 0.170 e. The van der Waals surface area contributed by atoms with Crippen LogP contribution in [0.4, 0.5) is 0 Å². The van der Waals surface area contributed by atoms with E-state index in [2.05, 4.69) is 44.2 Å². The lowest BCUT2D eigenvalue weighted by Crippen LogP contribution is -2.06. The van der Waals surface area contributed by atoms with Crippen molar-refractivity contribution in [3.63, 3.8) is 0 Å². The first-order valence-electron chi connectivity index (χ1n) is 6.91. The Balaban J connectivity index is 1.94. The average Bonchev–Trinajstić information content (AvgIpc) is 2.75. The lowest BCUT2D eigenvalue weighted by atomic mass is 9.94. The minimum absolute atomic E-state index is 0.0164. The number of fused-ring (bicyclic) bond motifs is 1. The van der Waals surface area contributed by atoms with Crippen LogP contribution >= 0.6 is 0 Å². The molecule has 0 saturated heterocycles. The van der Waals surface area contributed by atoms with Gasteiger partial charge >= 0.3 is 0 Å². The first-order chi connectivity index (χ1) is 9.19.